The largest absolute Gasteiger partial charge is 0.302 e. The Morgan fingerprint density at radius 1 is 1.67 bits per heavy atom. The van der Waals surface area contributed by atoms with E-state index in [1.54, 1.807) is 16.9 Å². The Kier molecular flexibility index (Phi) is 1.59. The van der Waals surface area contributed by atoms with Crippen LogP contribution in [0.2, 0.25) is 0 Å². The minimum absolute atomic E-state index is 0.402. The number of hydrogen-bond donors (Lipinski definition) is 0. The fourth-order valence-corrected chi connectivity index (χ4v) is 1.51. The lowest BCUT2D eigenvalue weighted by molar-refractivity contribution is 0.130. The SMILES string of the molecule is CN1CC(n2nccc2C#N)C1. The molecule has 0 unspecified atom stereocenters. The molecule has 0 bridgehead atoms. The lowest BCUT2D eigenvalue weighted by Crippen LogP contribution is -2.45. The zero-order valence-electron chi connectivity index (χ0n) is 6.94. The van der Waals surface area contributed by atoms with Gasteiger partial charge in [-0.2, -0.15) is 10.4 Å². The Bertz CT molecular complexity index is 316. The highest BCUT2D eigenvalue weighted by molar-refractivity contribution is 5.19. The predicted octanol–water partition coefficient (Wildman–Crippen LogP) is 0.241. The van der Waals surface area contributed by atoms with Crippen LogP contribution in [-0.2, 0) is 0 Å². The van der Waals surface area contributed by atoms with Crippen LogP contribution in [-0.4, -0.2) is 34.8 Å². The molecule has 0 N–H and O–H groups in total. The highest BCUT2D eigenvalue weighted by Crippen LogP contribution is 2.19. The molecular weight excluding hydrogens is 152 g/mol. The van der Waals surface area contributed by atoms with Gasteiger partial charge in [0, 0.05) is 13.1 Å². The van der Waals surface area contributed by atoms with Crippen molar-refractivity contribution < 1.29 is 0 Å². The maximum atomic E-state index is 8.72. The van der Waals surface area contributed by atoms with E-state index in [4.69, 9.17) is 5.26 Å². The number of rotatable bonds is 1. The first-order valence-electron chi connectivity index (χ1n) is 3.93. The van der Waals surface area contributed by atoms with E-state index in [-0.39, 0.29) is 0 Å². The maximum absolute atomic E-state index is 8.72. The molecule has 1 aliphatic heterocycles. The summed E-state index contributed by atoms with van der Waals surface area (Å²) in [4.78, 5) is 2.20. The summed E-state index contributed by atoms with van der Waals surface area (Å²) in [6.07, 6.45) is 1.68. The van der Waals surface area contributed by atoms with Crippen molar-refractivity contribution in [2.75, 3.05) is 20.1 Å². The van der Waals surface area contributed by atoms with Crippen molar-refractivity contribution in [2.24, 2.45) is 0 Å². The monoisotopic (exact) mass is 162 g/mol. The first-order chi connectivity index (χ1) is 5.81. The molecule has 1 fully saturated rings. The maximum Gasteiger partial charge on any atom is 0.138 e. The van der Waals surface area contributed by atoms with E-state index in [0.29, 0.717) is 11.7 Å². The number of aromatic nitrogens is 2. The smallest absolute Gasteiger partial charge is 0.138 e. The third-order valence-electron chi connectivity index (χ3n) is 2.18. The molecule has 0 aliphatic carbocycles. The first kappa shape index (κ1) is 7.32. The van der Waals surface area contributed by atoms with Crippen molar-refractivity contribution in [3.8, 4) is 6.07 Å². The molecule has 1 aromatic heterocycles. The summed E-state index contributed by atoms with van der Waals surface area (Å²) in [7, 11) is 2.06. The predicted molar refractivity (Wildman–Crippen MR) is 43.5 cm³/mol. The van der Waals surface area contributed by atoms with Crippen LogP contribution in [0, 0.1) is 11.3 Å². The third kappa shape index (κ3) is 0.990. The van der Waals surface area contributed by atoms with Crippen LogP contribution >= 0.6 is 0 Å². The van der Waals surface area contributed by atoms with E-state index < -0.39 is 0 Å². The van der Waals surface area contributed by atoms with Gasteiger partial charge in [-0.15, -0.1) is 0 Å². The minimum Gasteiger partial charge on any atom is -0.302 e. The van der Waals surface area contributed by atoms with Crippen molar-refractivity contribution in [3.63, 3.8) is 0 Å². The average Bonchev–Trinajstić information content (AvgIpc) is 2.45. The molecule has 1 saturated heterocycles. The van der Waals surface area contributed by atoms with Gasteiger partial charge in [0.25, 0.3) is 0 Å². The molecule has 0 aromatic carbocycles. The van der Waals surface area contributed by atoms with Crippen molar-refractivity contribution in [3.05, 3.63) is 18.0 Å². The van der Waals surface area contributed by atoms with Crippen LogP contribution in [0.1, 0.15) is 11.7 Å². The van der Waals surface area contributed by atoms with Gasteiger partial charge in [0.2, 0.25) is 0 Å². The molecule has 12 heavy (non-hydrogen) atoms. The van der Waals surface area contributed by atoms with Gasteiger partial charge in [-0.1, -0.05) is 0 Å². The summed E-state index contributed by atoms with van der Waals surface area (Å²) in [6.45, 7) is 1.99. The van der Waals surface area contributed by atoms with Crippen LogP contribution in [0.15, 0.2) is 12.3 Å². The van der Waals surface area contributed by atoms with E-state index in [1.165, 1.54) is 0 Å². The molecule has 2 rings (SSSR count). The molecule has 1 aliphatic rings. The number of nitrogens with zero attached hydrogens (tertiary/aromatic N) is 4. The van der Waals surface area contributed by atoms with Crippen molar-refractivity contribution in [2.45, 2.75) is 6.04 Å². The van der Waals surface area contributed by atoms with Gasteiger partial charge in [0.1, 0.15) is 11.8 Å². The van der Waals surface area contributed by atoms with Crippen LogP contribution < -0.4 is 0 Å². The Morgan fingerprint density at radius 2 is 2.42 bits per heavy atom. The lowest BCUT2D eigenvalue weighted by atomic mass is 10.1. The summed E-state index contributed by atoms with van der Waals surface area (Å²) in [6, 6.07) is 4.27. The van der Waals surface area contributed by atoms with E-state index in [2.05, 4.69) is 23.1 Å². The molecule has 1 aromatic rings. The Hall–Kier alpha value is -1.34. The molecule has 62 valence electrons. The Balaban J connectivity index is 2.19. The third-order valence-corrected chi connectivity index (χ3v) is 2.18. The van der Waals surface area contributed by atoms with Crippen LogP contribution in [0.3, 0.4) is 0 Å². The second-order valence-electron chi connectivity index (χ2n) is 3.15. The number of nitriles is 1. The summed E-state index contributed by atoms with van der Waals surface area (Å²) in [5.41, 5.74) is 0.660. The zero-order valence-corrected chi connectivity index (χ0v) is 6.94. The Morgan fingerprint density at radius 3 is 3.00 bits per heavy atom. The van der Waals surface area contributed by atoms with E-state index in [9.17, 15) is 0 Å². The van der Waals surface area contributed by atoms with E-state index >= 15 is 0 Å². The normalized spacial score (nSPS) is 18.7. The van der Waals surface area contributed by atoms with Gasteiger partial charge in [-0.25, -0.2) is 4.68 Å². The van der Waals surface area contributed by atoms with E-state index in [0.717, 1.165) is 13.1 Å². The van der Waals surface area contributed by atoms with Gasteiger partial charge in [-0.3, -0.25) is 0 Å². The molecule has 0 spiro atoms. The highest BCUT2D eigenvalue weighted by atomic mass is 15.4. The molecule has 0 amide bonds. The highest BCUT2D eigenvalue weighted by Gasteiger charge is 2.26. The quantitative estimate of drug-likeness (QED) is 0.594. The number of likely N-dealkylation sites (N-methyl/N-ethyl adjacent to an activating group) is 1. The number of likely N-dealkylation sites (tertiary alicyclic amines) is 1. The average molecular weight is 162 g/mol. The minimum atomic E-state index is 0.402. The lowest BCUT2D eigenvalue weighted by Gasteiger charge is -2.36. The zero-order chi connectivity index (χ0) is 8.55. The molecule has 0 radical (unpaired) electrons. The Labute approximate surface area is 71.0 Å². The second-order valence-corrected chi connectivity index (χ2v) is 3.15. The summed E-state index contributed by atoms with van der Waals surface area (Å²) in [5, 5.41) is 12.8. The second kappa shape index (κ2) is 2.61. The fourth-order valence-electron chi connectivity index (χ4n) is 1.51. The topological polar surface area (TPSA) is 44.9 Å². The standard InChI is InChI=1S/C8H10N4/c1-11-5-8(6-11)12-7(4-9)2-3-10-12/h2-3,8H,5-6H2,1H3. The van der Waals surface area contributed by atoms with Crippen molar-refractivity contribution >= 4 is 0 Å². The van der Waals surface area contributed by atoms with Crippen molar-refractivity contribution in [1.29, 1.82) is 5.26 Å². The molecule has 0 saturated carbocycles. The fraction of sp³-hybridized carbons (Fsp3) is 0.500. The summed E-state index contributed by atoms with van der Waals surface area (Å²) >= 11 is 0. The molecule has 4 heteroatoms. The van der Waals surface area contributed by atoms with Gasteiger partial charge in [0.15, 0.2) is 0 Å². The molecule has 0 atom stereocenters. The van der Waals surface area contributed by atoms with Gasteiger partial charge >= 0.3 is 0 Å². The van der Waals surface area contributed by atoms with Gasteiger partial charge in [-0.05, 0) is 13.1 Å². The number of hydrogen-bond acceptors (Lipinski definition) is 3. The molecule has 4 nitrogen and oxygen atoms in total. The van der Waals surface area contributed by atoms with Gasteiger partial charge < -0.3 is 4.90 Å². The van der Waals surface area contributed by atoms with E-state index in [1.807, 2.05) is 0 Å². The van der Waals surface area contributed by atoms with Crippen LogP contribution in [0.5, 0.6) is 0 Å². The van der Waals surface area contributed by atoms with Gasteiger partial charge in [0.05, 0.1) is 12.2 Å². The van der Waals surface area contributed by atoms with Crippen molar-refractivity contribution in [1.82, 2.24) is 14.7 Å². The first-order valence-corrected chi connectivity index (χ1v) is 3.93. The molecule has 2 heterocycles. The van der Waals surface area contributed by atoms with Crippen LogP contribution in [0.25, 0.3) is 0 Å². The van der Waals surface area contributed by atoms with Crippen LogP contribution in [0.4, 0.5) is 0 Å². The molecular formula is C8H10N4. The summed E-state index contributed by atoms with van der Waals surface area (Å²) in [5.74, 6) is 0. The summed E-state index contributed by atoms with van der Waals surface area (Å²) < 4.78 is 1.81.